The van der Waals surface area contributed by atoms with Gasteiger partial charge in [-0.05, 0) is 49.9 Å². The highest BCUT2D eigenvalue weighted by atomic mass is 16.6. The molecule has 0 aromatic heterocycles. The van der Waals surface area contributed by atoms with Crippen molar-refractivity contribution in [2.75, 3.05) is 5.73 Å². The molecule has 0 saturated heterocycles. The molecule has 4 nitrogen and oxygen atoms in total. The summed E-state index contributed by atoms with van der Waals surface area (Å²) in [6.45, 7) is 3.67. The van der Waals surface area contributed by atoms with Crippen molar-refractivity contribution in [1.82, 2.24) is 5.32 Å². The number of fused-ring (bicyclic) bond motifs is 1. The molecule has 0 radical (unpaired) electrons. The number of anilines is 1. The Labute approximate surface area is 101 Å². The van der Waals surface area contributed by atoms with E-state index in [9.17, 15) is 4.79 Å². The maximum atomic E-state index is 11.5. The first-order valence-corrected chi connectivity index (χ1v) is 5.91. The van der Waals surface area contributed by atoms with Gasteiger partial charge < -0.3 is 15.8 Å². The number of carbonyl (C=O) groups is 1. The van der Waals surface area contributed by atoms with Crippen LogP contribution in [-0.2, 0) is 11.2 Å². The average molecular weight is 234 g/mol. The van der Waals surface area contributed by atoms with Crippen LogP contribution in [-0.4, -0.2) is 12.2 Å². The van der Waals surface area contributed by atoms with Crippen molar-refractivity contribution >= 4 is 11.8 Å². The Balaban J connectivity index is 2.05. The third-order valence-corrected chi connectivity index (χ3v) is 2.88. The van der Waals surface area contributed by atoms with E-state index in [0.29, 0.717) is 0 Å². The van der Waals surface area contributed by atoms with Crippen molar-refractivity contribution in [1.29, 1.82) is 0 Å². The quantitative estimate of drug-likeness (QED) is 0.772. The molecule has 1 unspecified atom stereocenters. The lowest BCUT2D eigenvalue weighted by Crippen LogP contribution is -2.29. The Bertz CT molecular complexity index is 429. The van der Waals surface area contributed by atoms with Gasteiger partial charge in [-0.2, -0.15) is 0 Å². The number of nitrogens with two attached hydrogens (primary N) is 1. The lowest BCUT2D eigenvalue weighted by molar-refractivity contribution is 0.112. The largest absolute Gasteiger partial charge is 0.447 e. The molecule has 1 atom stereocenters. The van der Waals surface area contributed by atoms with Crippen LogP contribution < -0.4 is 11.1 Å². The molecule has 3 N–H and O–H groups in total. The van der Waals surface area contributed by atoms with E-state index in [0.717, 1.165) is 24.1 Å². The Morgan fingerprint density at radius 1 is 1.53 bits per heavy atom. The van der Waals surface area contributed by atoms with Gasteiger partial charge in [-0.25, -0.2) is 4.79 Å². The van der Waals surface area contributed by atoms with E-state index in [-0.39, 0.29) is 18.2 Å². The number of nitrogens with one attached hydrogen (secondary N) is 1. The minimum atomic E-state index is -0.352. The number of alkyl carbamates (subject to hydrolysis) is 1. The molecule has 0 fully saturated rings. The van der Waals surface area contributed by atoms with E-state index in [2.05, 4.69) is 5.32 Å². The number of benzene rings is 1. The standard InChI is InChI=1S/C13H18N2O2/c1-8(2)17-13(16)15-12-6-3-9-7-10(14)4-5-11(9)12/h4-5,7-8,12H,3,6,14H2,1-2H3,(H,15,16). The number of aryl methyl sites for hydroxylation is 1. The fourth-order valence-corrected chi connectivity index (χ4v) is 2.18. The Morgan fingerprint density at radius 2 is 2.29 bits per heavy atom. The van der Waals surface area contributed by atoms with Crippen molar-refractivity contribution in [3.05, 3.63) is 29.3 Å². The lowest BCUT2D eigenvalue weighted by atomic mass is 10.1. The fraction of sp³-hybridized carbons (Fsp3) is 0.462. The van der Waals surface area contributed by atoms with Crippen LogP contribution in [0.25, 0.3) is 0 Å². The normalized spacial score (nSPS) is 17.9. The molecule has 1 aromatic rings. The molecule has 1 aliphatic rings. The van der Waals surface area contributed by atoms with E-state index >= 15 is 0 Å². The third-order valence-electron chi connectivity index (χ3n) is 2.88. The summed E-state index contributed by atoms with van der Waals surface area (Å²) in [5.74, 6) is 0. The molecule has 1 aromatic carbocycles. The molecule has 0 bridgehead atoms. The molecule has 1 amide bonds. The number of ether oxygens (including phenoxy) is 1. The predicted molar refractivity (Wildman–Crippen MR) is 66.7 cm³/mol. The van der Waals surface area contributed by atoms with Crippen LogP contribution in [0.2, 0.25) is 0 Å². The molecular formula is C13H18N2O2. The molecular weight excluding hydrogens is 216 g/mol. The van der Waals surface area contributed by atoms with Crippen molar-refractivity contribution in [3.8, 4) is 0 Å². The van der Waals surface area contributed by atoms with Crippen molar-refractivity contribution in [2.45, 2.75) is 38.8 Å². The van der Waals surface area contributed by atoms with Gasteiger partial charge in [0.25, 0.3) is 0 Å². The number of rotatable bonds is 2. The summed E-state index contributed by atoms with van der Waals surface area (Å²) in [6, 6.07) is 5.88. The minimum absolute atomic E-state index is 0.0526. The van der Waals surface area contributed by atoms with Gasteiger partial charge in [-0.1, -0.05) is 6.07 Å². The van der Waals surface area contributed by atoms with Crippen LogP contribution in [0.1, 0.15) is 37.4 Å². The zero-order valence-electron chi connectivity index (χ0n) is 10.2. The summed E-state index contributed by atoms with van der Waals surface area (Å²) >= 11 is 0. The van der Waals surface area contributed by atoms with Crippen molar-refractivity contribution < 1.29 is 9.53 Å². The average Bonchev–Trinajstić information content (AvgIpc) is 2.59. The van der Waals surface area contributed by atoms with E-state index in [1.807, 2.05) is 32.0 Å². The highest BCUT2D eigenvalue weighted by Gasteiger charge is 2.24. The number of carbonyl (C=O) groups excluding carboxylic acids is 1. The first kappa shape index (κ1) is 11.8. The predicted octanol–water partition coefficient (Wildman–Crippen LogP) is 2.39. The maximum absolute atomic E-state index is 11.5. The minimum Gasteiger partial charge on any atom is -0.447 e. The van der Waals surface area contributed by atoms with Crippen LogP contribution >= 0.6 is 0 Å². The molecule has 17 heavy (non-hydrogen) atoms. The van der Waals surface area contributed by atoms with Crippen LogP contribution in [0.5, 0.6) is 0 Å². The molecule has 92 valence electrons. The second-order valence-electron chi connectivity index (χ2n) is 4.65. The number of hydrogen-bond acceptors (Lipinski definition) is 3. The van der Waals surface area contributed by atoms with Gasteiger partial charge in [0.2, 0.25) is 0 Å². The van der Waals surface area contributed by atoms with Gasteiger partial charge in [-0.15, -0.1) is 0 Å². The van der Waals surface area contributed by atoms with Crippen molar-refractivity contribution in [2.24, 2.45) is 0 Å². The number of hydrogen-bond donors (Lipinski definition) is 2. The van der Waals surface area contributed by atoms with E-state index in [1.54, 1.807) is 0 Å². The van der Waals surface area contributed by atoms with Gasteiger partial charge in [0.05, 0.1) is 12.1 Å². The van der Waals surface area contributed by atoms with E-state index < -0.39 is 0 Å². The summed E-state index contributed by atoms with van der Waals surface area (Å²) < 4.78 is 5.08. The molecule has 0 spiro atoms. The van der Waals surface area contributed by atoms with Crippen LogP contribution in [0.15, 0.2) is 18.2 Å². The lowest BCUT2D eigenvalue weighted by Gasteiger charge is -2.15. The molecule has 4 heteroatoms. The van der Waals surface area contributed by atoms with Gasteiger partial charge in [0, 0.05) is 5.69 Å². The molecule has 2 rings (SSSR count). The number of amides is 1. The number of nitrogen functional groups attached to an aromatic ring is 1. The topological polar surface area (TPSA) is 64.3 Å². The van der Waals surface area contributed by atoms with Crippen LogP contribution in [0.4, 0.5) is 10.5 Å². The second kappa shape index (κ2) is 4.65. The van der Waals surface area contributed by atoms with Gasteiger partial charge in [-0.3, -0.25) is 0 Å². The Hall–Kier alpha value is -1.71. The van der Waals surface area contributed by atoms with Crippen molar-refractivity contribution in [3.63, 3.8) is 0 Å². The zero-order valence-corrected chi connectivity index (χ0v) is 10.2. The smallest absolute Gasteiger partial charge is 0.407 e. The van der Waals surface area contributed by atoms with Crippen LogP contribution in [0, 0.1) is 0 Å². The Kier molecular flexibility index (Phi) is 3.22. The highest BCUT2D eigenvalue weighted by molar-refractivity contribution is 5.68. The first-order chi connectivity index (χ1) is 8.06. The maximum Gasteiger partial charge on any atom is 0.407 e. The summed E-state index contributed by atoms with van der Waals surface area (Å²) in [5, 5.41) is 2.88. The highest BCUT2D eigenvalue weighted by Crippen LogP contribution is 2.32. The molecule has 0 heterocycles. The Morgan fingerprint density at radius 3 is 3.00 bits per heavy atom. The fourth-order valence-electron chi connectivity index (χ4n) is 2.18. The van der Waals surface area contributed by atoms with Gasteiger partial charge in [0.1, 0.15) is 0 Å². The molecule has 1 aliphatic carbocycles. The SMILES string of the molecule is CC(C)OC(=O)NC1CCc2cc(N)ccc21. The van der Waals surface area contributed by atoms with Gasteiger partial charge in [0.15, 0.2) is 0 Å². The monoisotopic (exact) mass is 234 g/mol. The summed E-state index contributed by atoms with van der Waals surface area (Å²) in [5.41, 5.74) is 8.88. The first-order valence-electron chi connectivity index (χ1n) is 5.91. The zero-order chi connectivity index (χ0) is 12.4. The summed E-state index contributed by atoms with van der Waals surface area (Å²) in [7, 11) is 0. The second-order valence-corrected chi connectivity index (χ2v) is 4.65. The van der Waals surface area contributed by atoms with Gasteiger partial charge >= 0.3 is 6.09 Å². The van der Waals surface area contributed by atoms with Crippen LogP contribution in [0.3, 0.4) is 0 Å². The van der Waals surface area contributed by atoms with E-state index in [4.69, 9.17) is 10.5 Å². The summed E-state index contributed by atoms with van der Waals surface area (Å²) in [6.07, 6.45) is 1.41. The third kappa shape index (κ3) is 2.70. The summed E-state index contributed by atoms with van der Waals surface area (Å²) in [4.78, 5) is 11.5. The molecule has 0 aliphatic heterocycles. The molecule has 0 saturated carbocycles. The van der Waals surface area contributed by atoms with E-state index in [1.165, 1.54) is 5.56 Å².